The van der Waals surface area contributed by atoms with Gasteiger partial charge in [0.2, 0.25) is 0 Å². The summed E-state index contributed by atoms with van der Waals surface area (Å²) in [5.74, 6) is 0.368. The maximum Gasteiger partial charge on any atom is 0.146 e. The molecule has 14 heavy (non-hydrogen) atoms. The molecule has 2 spiro atoms. The van der Waals surface area contributed by atoms with Gasteiger partial charge < -0.3 is 0 Å². The van der Waals surface area contributed by atoms with E-state index in [0.29, 0.717) is 16.6 Å². The van der Waals surface area contributed by atoms with Gasteiger partial charge in [-0.2, -0.15) is 0 Å². The van der Waals surface area contributed by atoms with E-state index in [0.717, 1.165) is 6.42 Å². The zero-order chi connectivity index (χ0) is 9.97. The normalized spacial score (nSPS) is 44.3. The smallest absolute Gasteiger partial charge is 0.146 e. The summed E-state index contributed by atoms with van der Waals surface area (Å²) in [6, 6.07) is 0.229. The van der Waals surface area contributed by atoms with Gasteiger partial charge in [-0.1, -0.05) is 0 Å². The van der Waals surface area contributed by atoms with E-state index in [4.69, 9.17) is 0 Å². The minimum Gasteiger partial charge on any atom is -0.298 e. The van der Waals surface area contributed by atoms with Crippen molar-refractivity contribution in [3.05, 3.63) is 0 Å². The Bertz CT molecular complexity index is 295. The molecule has 3 aliphatic rings. The highest BCUT2D eigenvalue weighted by atomic mass is 16.1. The zero-order valence-electron chi connectivity index (χ0n) is 9.18. The molecule has 0 N–H and O–H groups in total. The molecule has 78 valence electrons. The number of hydrogen-bond donors (Lipinski definition) is 0. The molecule has 2 atom stereocenters. The first-order valence-electron chi connectivity index (χ1n) is 5.79. The molecule has 1 unspecified atom stereocenters. The molecular formula is C12H19NO. The fourth-order valence-corrected chi connectivity index (χ4v) is 3.96. The summed E-state index contributed by atoms with van der Waals surface area (Å²) in [5.41, 5.74) is 1.25. The lowest BCUT2D eigenvalue weighted by molar-refractivity contribution is -0.121. The summed E-state index contributed by atoms with van der Waals surface area (Å²) in [4.78, 5) is 13.8. The predicted molar refractivity (Wildman–Crippen MR) is 55.1 cm³/mol. The van der Waals surface area contributed by atoms with Crippen LogP contribution in [-0.2, 0) is 4.79 Å². The number of nitrogens with zero attached hydrogens (tertiary/aromatic N) is 1. The zero-order valence-corrected chi connectivity index (χ0v) is 9.18. The molecule has 0 aromatic heterocycles. The lowest BCUT2D eigenvalue weighted by Gasteiger charge is -2.48. The molecule has 2 aliphatic carbocycles. The third-order valence-electron chi connectivity index (χ3n) is 5.20. The van der Waals surface area contributed by atoms with Crippen molar-refractivity contribution < 1.29 is 4.79 Å². The van der Waals surface area contributed by atoms with Crippen molar-refractivity contribution in [3.63, 3.8) is 0 Å². The number of likely N-dealkylation sites (N-methyl/N-ethyl adjacent to an activating group) is 1. The largest absolute Gasteiger partial charge is 0.298 e. The summed E-state index contributed by atoms with van der Waals surface area (Å²) in [6.45, 7) is 2.93. The van der Waals surface area contributed by atoms with Crippen LogP contribution in [0.2, 0.25) is 0 Å². The highest BCUT2D eigenvalue weighted by molar-refractivity contribution is 5.82. The van der Waals surface area contributed by atoms with Crippen LogP contribution < -0.4 is 0 Å². The fraction of sp³-hybridized carbons (Fsp3) is 0.917. The average molecular weight is 193 g/mol. The Kier molecular flexibility index (Phi) is 1.53. The van der Waals surface area contributed by atoms with Crippen molar-refractivity contribution >= 4 is 5.78 Å². The lowest BCUT2D eigenvalue weighted by Crippen LogP contribution is -2.43. The molecule has 2 nitrogen and oxygen atoms in total. The summed E-state index contributed by atoms with van der Waals surface area (Å²) in [5, 5.41) is 0. The van der Waals surface area contributed by atoms with E-state index in [1.807, 2.05) is 0 Å². The molecule has 2 heteroatoms. The second-order valence-corrected chi connectivity index (χ2v) is 5.81. The first-order chi connectivity index (χ1) is 6.59. The second kappa shape index (κ2) is 2.41. The highest BCUT2D eigenvalue weighted by Gasteiger charge is 2.68. The van der Waals surface area contributed by atoms with Crippen LogP contribution >= 0.6 is 0 Å². The SMILES string of the molecule is CC(=O)[C@@H]1CC2(CCC23CC3)CN1C. The Morgan fingerprint density at radius 1 is 1.21 bits per heavy atom. The van der Waals surface area contributed by atoms with Gasteiger partial charge in [0, 0.05) is 6.54 Å². The Labute approximate surface area is 85.7 Å². The van der Waals surface area contributed by atoms with Crippen LogP contribution in [0.4, 0.5) is 0 Å². The van der Waals surface area contributed by atoms with Crippen molar-refractivity contribution in [2.45, 2.75) is 45.1 Å². The van der Waals surface area contributed by atoms with Gasteiger partial charge in [-0.3, -0.25) is 9.69 Å². The molecule has 0 aromatic carbocycles. The predicted octanol–water partition coefficient (Wildman–Crippen LogP) is 1.84. The van der Waals surface area contributed by atoms with Gasteiger partial charge in [-0.25, -0.2) is 0 Å². The van der Waals surface area contributed by atoms with Crippen LogP contribution in [-0.4, -0.2) is 30.3 Å². The van der Waals surface area contributed by atoms with Gasteiger partial charge in [-0.05, 0) is 56.9 Å². The van der Waals surface area contributed by atoms with Crippen LogP contribution in [0.1, 0.15) is 39.0 Å². The molecule has 2 saturated carbocycles. The third kappa shape index (κ3) is 0.881. The summed E-state index contributed by atoms with van der Waals surface area (Å²) in [6.07, 6.45) is 6.84. The summed E-state index contributed by atoms with van der Waals surface area (Å²) < 4.78 is 0. The van der Waals surface area contributed by atoms with Gasteiger partial charge >= 0.3 is 0 Å². The molecule has 1 aliphatic heterocycles. The van der Waals surface area contributed by atoms with Crippen LogP contribution in [0.25, 0.3) is 0 Å². The molecule has 3 rings (SSSR count). The Hall–Kier alpha value is -0.370. The van der Waals surface area contributed by atoms with Gasteiger partial charge in [0.15, 0.2) is 0 Å². The van der Waals surface area contributed by atoms with Gasteiger partial charge in [0.1, 0.15) is 5.78 Å². The first-order valence-corrected chi connectivity index (χ1v) is 5.79. The van der Waals surface area contributed by atoms with Gasteiger partial charge in [-0.15, -0.1) is 0 Å². The average Bonchev–Trinajstić information content (AvgIpc) is 2.85. The maximum absolute atomic E-state index is 11.5. The van der Waals surface area contributed by atoms with Crippen LogP contribution in [0.3, 0.4) is 0 Å². The number of carbonyl (C=O) groups is 1. The first kappa shape index (κ1) is 8.90. The number of ketones is 1. The van der Waals surface area contributed by atoms with Gasteiger partial charge in [0.05, 0.1) is 6.04 Å². The minimum atomic E-state index is 0.229. The van der Waals surface area contributed by atoms with E-state index in [9.17, 15) is 4.79 Å². The summed E-state index contributed by atoms with van der Waals surface area (Å²) in [7, 11) is 2.12. The monoisotopic (exact) mass is 193 g/mol. The number of likely N-dealkylation sites (tertiary alicyclic amines) is 1. The molecule has 0 radical (unpaired) electrons. The molecule has 0 amide bonds. The Balaban J connectivity index is 1.83. The van der Waals surface area contributed by atoms with Crippen molar-refractivity contribution in [1.82, 2.24) is 4.90 Å². The topological polar surface area (TPSA) is 20.3 Å². The van der Waals surface area contributed by atoms with Gasteiger partial charge in [0.25, 0.3) is 0 Å². The van der Waals surface area contributed by atoms with E-state index in [1.165, 1.54) is 32.2 Å². The lowest BCUT2D eigenvalue weighted by atomic mass is 9.56. The van der Waals surface area contributed by atoms with E-state index >= 15 is 0 Å². The van der Waals surface area contributed by atoms with E-state index < -0.39 is 0 Å². The van der Waals surface area contributed by atoms with Crippen LogP contribution in [0, 0.1) is 10.8 Å². The number of rotatable bonds is 1. The van der Waals surface area contributed by atoms with Crippen LogP contribution in [0.15, 0.2) is 0 Å². The Morgan fingerprint density at radius 2 is 1.79 bits per heavy atom. The number of carbonyl (C=O) groups excluding carboxylic acids is 1. The molecule has 1 heterocycles. The fourth-order valence-electron chi connectivity index (χ4n) is 3.96. The molecule has 1 saturated heterocycles. The van der Waals surface area contributed by atoms with Crippen molar-refractivity contribution in [1.29, 1.82) is 0 Å². The molecule has 3 fully saturated rings. The number of fused-ring (bicyclic) bond motifs is 1. The second-order valence-electron chi connectivity index (χ2n) is 5.81. The summed E-state index contributed by atoms with van der Waals surface area (Å²) >= 11 is 0. The van der Waals surface area contributed by atoms with E-state index in [1.54, 1.807) is 6.92 Å². The maximum atomic E-state index is 11.5. The minimum absolute atomic E-state index is 0.229. The van der Waals surface area contributed by atoms with Crippen molar-refractivity contribution in [3.8, 4) is 0 Å². The third-order valence-corrected chi connectivity index (χ3v) is 5.20. The van der Waals surface area contributed by atoms with Crippen LogP contribution in [0.5, 0.6) is 0 Å². The highest BCUT2D eigenvalue weighted by Crippen LogP contribution is 2.74. The quantitative estimate of drug-likeness (QED) is 0.633. The Morgan fingerprint density at radius 3 is 2.14 bits per heavy atom. The van der Waals surface area contributed by atoms with E-state index in [-0.39, 0.29) is 6.04 Å². The molecular weight excluding hydrogens is 174 g/mol. The number of Topliss-reactive ketones (excluding diaryl/α,β-unsaturated/α-hetero) is 1. The molecule has 0 bridgehead atoms. The van der Waals surface area contributed by atoms with E-state index in [2.05, 4.69) is 11.9 Å². The molecule has 0 aromatic rings. The van der Waals surface area contributed by atoms with Crippen molar-refractivity contribution in [2.75, 3.05) is 13.6 Å². The standard InChI is InChI=1S/C12H19NO/c1-9(14)10-7-12(8-13(10)2)6-5-11(12)3-4-11/h10H,3-8H2,1-2H3/t10-,12?/m0/s1. The van der Waals surface area contributed by atoms with Crippen molar-refractivity contribution in [2.24, 2.45) is 10.8 Å². The number of hydrogen-bond acceptors (Lipinski definition) is 2.